The molecule has 1 saturated heterocycles. The van der Waals surface area contributed by atoms with Crippen LogP contribution in [0, 0.1) is 5.92 Å². The van der Waals surface area contributed by atoms with Gasteiger partial charge in [-0.25, -0.2) is 0 Å². The molecule has 1 unspecified atom stereocenters. The van der Waals surface area contributed by atoms with Crippen LogP contribution in [-0.2, 0) is 9.53 Å². The minimum Gasteiger partial charge on any atom is -0.375 e. The Bertz CT molecular complexity index is 355. The van der Waals surface area contributed by atoms with Crippen molar-refractivity contribution in [2.75, 3.05) is 6.61 Å². The summed E-state index contributed by atoms with van der Waals surface area (Å²) >= 11 is 0. The Hall–Kier alpha value is -0.630. The van der Waals surface area contributed by atoms with Gasteiger partial charge in [0.15, 0.2) is 5.78 Å². The molecule has 3 aliphatic rings. The molecule has 2 heteroatoms. The van der Waals surface area contributed by atoms with Crippen LogP contribution in [0.15, 0.2) is 11.6 Å². The average Bonchev–Trinajstić information content (AvgIpc) is 2.88. The molecular formula is C17H26O2. The van der Waals surface area contributed by atoms with Crippen LogP contribution in [0.2, 0.25) is 0 Å². The van der Waals surface area contributed by atoms with Crippen molar-refractivity contribution in [2.45, 2.75) is 76.2 Å². The summed E-state index contributed by atoms with van der Waals surface area (Å²) in [5.41, 5.74) is 1.48. The quantitative estimate of drug-likeness (QED) is 0.698. The highest BCUT2D eigenvalue weighted by Gasteiger charge is 2.41. The number of carbonyl (C=O) groups is 1. The third-order valence-corrected chi connectivity index (χ3v) is 5.25. The van der Waals surface area contributed by atoms with E-state index in [2.05, 4.69) is 0 Å². The van der Waals surface area contributed by atoms with E-state index in [1.165, 1.54) is 50.5 Å². The lowest BCUT2D eigenvalue weighted by atomic mass is 9.81. The normalized spacial score (nSPS) is 30.5. The van der Waals surface area contributed by atoms with Crippen LogP contribution in [-0.4, -0.2) is 18.0 Å². The third-order valence-electron chi connectivity index (χ3n) is 5.25. The van der Waals surface area contributed by atoms with Crippen molar-refractivity contribution in [3.05, 3.63) is 11.6 Å². The van der Waals surface area contributed by atoms with Crippen molar-refractivity contribution in [1.29, 1.82) is 0 Å². The van der Waals surface area contributed by atoms with E-state index in [0.29, 0.717) is 5.78 Å². The van der Waals surface area contributed by atoms with E-state index in [4.69, 9.17) is 4.74 Å². The van der Waals surface area contributed by atoms with Crippen molar-refractivity contribution in [2.24, 2.45) is 5.92 Å². The number of allylic oxidation sites excluding steroid dienone is 2. The lowest BCUT2D eigenvalue weighted by Gasteiger charge is -2.37. The zero-order valence-electron chi connectivity index (χ0n) is 12.0. The molecule has 2 nitrogen and oxygen atoms in total. The van der Waals surface area contributed by atoms with Crippen LogP contribution >= 0.6 is 0 Å². The molecule has 2 aliphatic carbocycles. The number of rotatable bonds is 2. The molecule has 0 radical (unpaired) electrons. The van der Waals surface area contributed by atoms with Crippen molar-refractivity contribution in [1.82, 2.24) is 0 Å². The highest BCUT2D eigenvalue weighted by Crippen LogP contribution is 2.42. The third kappa shape index (κ3) is 3.10. The molecule has 106 valence electrons. The number of hydrogen-bond donors (Lipinski definition) is 0. The summed E-state index contributed by atoms with van der Waals surface area (Å²) in [6, 6.07) is 0. The van der Waals surface area contributed by atoms with Gasteiger partial charge in [-0.15, -0.1) is 0 Å². The Morgan fingerprint density at radius 3 is 2.58 bits per heavy atom. The van der Waals surface area contributed by atoms with Gasteiger partial charge >= 0.3 is 0 Å². The monoisotopic (exact) mass is 262 g/mol. The van der Waals surface area contributed by atoms with E-state index in [0.717, 1.165) is 32.3 Å². The van der Waals surface area contributed by atoms with Crippen LogP contribution in [0.5, 0.6) is 0 Å². The molecule has 0 aromatic rings. The van der Waals surface area contributed by atoms with Gasteiger partial charge in [0.05, 0.1) is 5.60 Å². The molecule has 0 N–H and O–H groups in total. The minimum absolute atomic E-state index is 0.0731. The topological polar surface area (TPSA) is 26.3 Å². The minimum atomic E-state index is 0.0731. The number of ketones is 1. The van der Waals surface area contributed by atoms with Gasteiger partial charge in [-0.3, -0.25) is 4.79 Å². The zero-order valence-corrected chi connectivity index (χ0v) is 12.0. The van der Waals surface area contributed by atoms with Crippen LogP contribution < -0.4 is 0 Å². The van der Waals surface area contributed by atoms with E-state index in [1.54, 1.807) is 0 Å². The first kappa shape index (κ1) is 13.4. The maximum Gasteiger partial charge on any atom is 0.158 e. The van der Waals surface area contributed by atoms with Gasteiger partial charge in [0, 0.05) is 12.5 Å². The largest absolute Gasteiger partial charge is 0.375 e. The SMILES string of the molecule is O=C(C=C1CCCCC1)C1CCOC2(CCCC2)C1. The molecule has 0 aromatic heterocycles. The molecule has 3 fully saturated rings. The van der Waals surface area contributed by atoms with Crippen molar-refractivity contribution in [3.63, 3.8) is 0 Å². The highest BCUT2D eigenvalue weighted by molar-refractivity contribution is 5.92. The predicted molar refractivity (Wildman–Crippen MR) is 76.1 cm³/mol. The summed E-state index contributed by atoms with van der Waals surface area (Å²) in [6.07, 6.45) is 15.0. The molecule has 1 aliphatic heterocycles. The summed E-state index contributed by atoms with van der Waals surface area (Å²) < 4.78 is 6.02. The molecule has 0 bridgehead atoms. The van der Waals surface area contributed by atoms with Gasteiger partial charge in [-0.05, 0) is 57.4 Å². The summed E-state index contributed by atoms with van der Waals surface area (Å²) in [5.74, 6) is 0.632. The number of hydrogen-bond acceptors (Lipinski definition) is 2. The average molecular weight is 262 g/mol. The van der Waals surface area contributed by atoms with Crippen LogP contribution in [0.4, 0.5) is 0 Å². The van der Waals surface area contributed by atoms with Crippen LogP contribution in [0.1, 0.15) is 70.6 Å². The predicted octanol–water partition coefficient (Wildman–Crippen LogP) is 4.19. The first-order chi connectivity index (χ1) is 9.27. The molecule has 2 saturated carbocycles. The second kappa shape index (κ2) is 5.78. The maximum absolute atomic E-state index is 12.5. The number of carbonyl (C=O) groups excluding carboxylic acids is 1. The first-order valence-corrected chi connectivity index (χ1v) is 8.15. The van der Waals surface area contributed by atoms with Crippen molar-refractivity contribution in [3.8, 4) is 0 Å². The van der Waals surface area contributed by atoms with Gasteiger partial charge in [0.25, 0.3) is 0 Å². The molecular weight excluding hydrogens is 236 g/mol. The molecule has 0 amide bonds. The molecule has 1 atom stereocenters. The second-order valence-electron chi connectivity index (χ2n) is 6.69. The van der Waals surface area contributed by atoms with E-state index in [1.807, 2.05) is 6.08 Å². The molecule has 19 heavy (non-hydrogen) atoms. The Labute approximate surface area is 116 Å². The van der Waals surface area contributed by atoms with Gasteiger partial charge in [-0.1, -0.05) is 24.8 Å². The van der Waals surface area contributed by atoms with Crippen LogP contribution in [0.3, 0.4) is 0 Å². The second-order valence-corrected chi connectivity index (χ2v) is 6.69. The van der Waals surface area contributed by atoms with Gasteiger partial charge in [0.2, 0.25) is 0 Å². The van der Waals surface area contributed by atoms with Gasteiger partial charge < -0.3 is 4.74 Å². The summed E-state index contributed by atoms with van der Waals surface area (Å²) in [6.45, 7) is 0.791. The Morgan fingerprint density at radius 1 is 1.11 bits per heavy atom. The van der Waals surface area contributed by atoms with E-state index in [9.17, 15) is 4.79 Å². The smallest absolute Gasteiger partial charge is 0.158 e. The van der Waals surface area contributed by atoms with Crippen molar-refractivity contribution < 1.29 is 9.53 Å². The number of ether oxygens (including phenoxy) is 1. The van der Waals surface area contributed by atoms with E-state index >= 15 is 0 Å². The fourth-order valence-corrected chi connectivity index (χ4v) is 4.11. The summed E-state index contributed by atoms with van der Waals surface area (Å²) in [4.78, 5) is 12.5. The fourth-order valence-electron chi connectivity index (χ4n) is 4.11. The Morgan fingerprint density at radius 2 is 1.84 bits per heavy atom. The maximum atomic E-state index is 12.5. The first-order valence-electron chi connectivity index (χ1n) is 8.15. The fraction of sp³-hybridized carbons (Fsp3) is 0.824. The lowest BCUT2D eigenvalue weighted by Crippen LogP contribution is -2.39. The Kier molecular flexibility index (Phi) is 4.07. The Balaban J connectivity index is 1.62. The van der Waals surface area contributed by atoms with Crippen LogP contribution in [0.25, 0.3) is 0 Å². The molecule has 3 rings (SSSR count). The highest BCUT2D eigenvalue weighted by atomic mass is 16.5. The van der Waals surface area contributed by atoms with E-state index < -0.39 is 0 Å². The molecule has 1 spiro atoms. The van der Waals surface area contributed by atoms with Gasteiger partial charge in [-0.2, -0.15) is 0 Å². The summed E-state index contributed by atoms with van der Waals surface area (Å²) in [7, 11) is 0. The molecule has 0 aromatic carbocycles. The lowest BCUT2D eigenvalue weighted by molar-refractivity contribution is -0.132. The zero-order chi connectivity index (χ0) is 13.1. The van der Waals surface area contributed by atoms with Crippen molar-refractivity contribution >= 4 is 5.78 Å². The van der Waals surface area contributed by atoms with E-state index in [-0.39, 0.29) is 11.5 Å². The standard InChI is InChI=1S/C17H26O2/c18-16(12-14-6-2-1-3-7-14)15-8-11-19-17(13-15)9-4-5-10-17/h12,15H,1-11,13H2. The van der Waals surface area contributed by atoms with Gasteiger partial charge in [0.1, 0.15) is 0 Å². The summed E-state index contributed by atoms with van der Waals surface area (Å²) in [5, 5.41) is 0. The molecule has 1 heterocycles.